The van der Waals surface area contributed by atoms with Crippen LogP contribution in [0.25, 0.3) is 0 Å². The molecule has 0 N–H and O–H groups in total. The van der Waals surface area contributed by atoms with Gasteiger partial charge in [0, 0.05) is 6.42 Å². The minimum atomic E-state index is -3.60. The van der Waals surface area contributed by atoms with E-state index in [4.69, 9.17) is 0 Å². The molecule has 1 aromatic carbocycles. The Kier molecular flexibility index (Phi) is 2.97. The van der Waals surface area contributed by atoms with Crippen molar-refractivity contribution in [2.75, 3.05) is 11.4 Å². The van der Waals surface area contributed by atoms with E-state index in [0.29, 0.717) is 12.1 Å². The molecule has 5 nitrogen and oxygen atoms in total. The van der Waals surface area contributed by atoms with Crippen LogP contribution >= 0.6 is 0 Å². The average Bonchev–Trinajstić information content (AvgIpc) is 2.33. The van der Waals surface area contributed by atoms with Crippen LogP contribution in [0.1, 0.15) is 13.3 Å². The molecule has 17 heavy (non-hydrogen) atoms. The fourth-order valence-electron chi connectivity index (χ4n) is 1.58. The molecule has 0 saturated carbocycles. The largest absolute Gasteiger partial charge is 0.323 e. The van der Waals surface area contributed by atoms with Crippen molar-refractivity contribution < 1.29 is 13.2 Å². The van der Waals surface area contributed by atoms with Gasteiger partial charge in [-0.1, -0.05) is 19.1 Å². The number of sulfonamides is 1. The zero-order valence-electron chi connectivity index (χ0n) is 9.33. The number of carbonyl (C=O) groups is 1. The summed E-state index contributed by atoms with van der Waals surface area (Å²) in [7, 11) is -3.60. The molecule has 0 radical (unpaired) electrons. The molecule has 0 saturated heterocycles. The highest BCUT2D eigenvalue weighted by molar-refractivity contribution is 7.90. The lowest BCUT2D eigenvalue weighted by Gasteiger charge is -2.24. The predicted octanol–water partition coefficient (Wildman–Crippen LogP) is 1.20. The topological polar surface area (TPSA) is 66.8 Å². The molecule has 0 aliphatic carbocycles. The first kappa shape index (κ1) is 11.8. The summed E-state index contributed by atoms with van der Waals surface area (Å²) in [5, 5.41) is 0. The molecule has 0 amide bonds. The highest BCUT2D eigenvalue weighted by atomic mass is 32.2. The standard InChI is InChI=1S/C11H12N2O3S/c1-2-9(14)7-13-8-12-17(15,16)11-6-4-3-5-10(11)13/h3-6,8H,2,7H2,1H3. The van der Waals surface area contributed by atoms with Gasteiger partial charge in [-0.25, -0.2) is 0 Å². The number of ketones is 1. The number of benzene rings is 1. The highest BCUT2D eigenvalue weighted by Crippen LogP contribution is 2.28. The minimum Gasteiger partial charge on any atom is -0.323 e. The zero-order chi connectivity index (χ0) is 12.5. The number of Topliss-reactive ketones (excluding diaryl/α,β-unsaturated/α-hetero) is 1. The van der Waals surface area contributed by atoms with Gasteiger partial charge in [-0.15, -0.1) is 4.40 Å². The van der Waals surface area contributed by atoms with Crippen molar-refractivity contribution in [3.63, 3.8) is 0 Å². The van der Waals surface area contributed by atoms with Gasteiger partial charge >= 0.3 is 0 Å². The van der Waals surface area contributed by atoms with Gasteiger partial charge in [0.15, 0.2) is 5.78 Å². The molecular formula is C11H12N2O3S. The summed E-state index contributed by atoms with van der Waals surface area (Å²) in [6.45, 7) is 1.92. The Labute approximate surface area is 99.8 Å². The number of rotatable bonds is 3. The number of hydrogen-bond donors (Lipinski definition) is 0. The van der Waals surface area contributed by atoms with Crippen molar-refractivity contribution in [2.24, 2.45) is 4.40 Å². The second kappa shape index (κ2) is 4.29. The number of fused-ring (bicyclic) bond motifs is 1. The maximum absolute atomic E-state index is 11.7. The molecule has 1 aromatic rings. The molecule has 0 fully saturated rings. The summed E-state index contributed by atoms with van der Waals surface area (Å²) in [4.78, 5) is 13.1. The fourth-order valence-corrected chi connectivity index (χ4v) is 2.63. The van der Waals surface area contributed by atoms with E-state index >= 15 is 0 Å². The Morgan fingerprint density at radius 3 is 2.76 bits per heavy atom. The minimum absolute atomic E-state index is 0.0329. The number of anilines is 1. The van der Waals surface area contributed by atoms with Crippen molar-refractivity contribution in [3.8, 4) is 0 Å². The SMILES string of the molecule is CCC(=O)CN1C=NS(=O)(=O)c2ccccc21. The Balaban J connectivity index is 2.44. The summed E-state index contributed by atoms with van der Waals surface area (Å²) in [5.41, 5.74) is 0.504. The third kappa shape index (κ3) is 2.21. The van der Waals surface area contributed by atoms with E-state index in [1.807, 2.05) is 0 Å². The maximum atomic E-state index is 11.7. The van der Waals surface area contributed by atoms with E-state index in [-0.39, 0.29) is 17.2 Å². The first-order valence-corrected chi connectivity index (χ1v) is 6.66. The van der Waals surface area contributed by atoms with Crippen molar-refractivity contribution in [2.45, 2.75) is 18.2 Å². The van der Waals surface area contributed by atoms with Gasteiger partial charge in [-0.05, 0) is 12.1 Å². The number of para-hydroxylation sites is 1. The second-order valence-electron chi connectivity index (χ2n) is 3.68. The normalized spacial score (nSPS) is 16.6. The van der Waals surface area contributed by atoms with Crippen LogP contribution in [-0.4, -0.2) is 27.1 Å². The molecule has 1 aliphatic rings. The van der Waals surface area contributed by atoms with Crippen LogP contribution in [0.15, 0.2) is 33.6 Å². The summed E-state index contributed by atoms with van der Waals surface area (Å²) in [6, 6.07) is 6.53. The third-order valence-corrected chi connectivity index (χ3v) is 3.79. The summed E-state index contributed by atoms with van der Waals surface area (Å²) in [6.07, 6.45) is 1.62. The Hall–Kier alpha value is -1.69. The van der Waals surface area contributed by atoms with Crippen LogP contribution in [-0.2, 0) is 14.8 Å². The van der Waals surface area contributed by atoms with Crippen molar-refractivity contribution in [3.05, 3.63) is 24.3 Å². The first-order valence-electron chi connectivity index (χ1n) is 5.22. The Morgan fingerprint density at radius 2 is 2.06 bits per heavy atom. The molecule has 0 atom stereocenters. The molecule has 0 spiro atoms. The molecule has 90 valence electrons. The van der Waals surface area contributed by atoms with Gasteiger partial charge in [0.2, 0.25) is 0 Å². The van der Waals surface area contributed by atoms with Gasteiger partial charge in [0.05, 0.1) is 12.2 Å². The van der Waals surface area contributed by atoms with Gasteiger partial charge in [-0.2, -0.15) is 8.42 Å². The van der Waals surface area contributed by atoms with Gasteiger partial charge < -0.3 is 4.90 Å². The van der Waals surface area contributed by atoms with E-state index in [2.05, 4.69) is 4.40 Å². The van der Waals surface area contributed by atoms with E-state index in [1.54, 1.807) is 30.0 Å². The molecule has 0 aromatic heterocycles. The third-order valence-electron chi connectivity index (χ3n) is 2.52. The molecule has 6 heteroatoms. The fraction of sp³-hybridized carbons (Fsp3) is 0.273. The monoisotopic (exact) mass is 252 g/mol. The lowest BCUT2D eigenvalue weighted by Crippen LogP contribution is -2.32. The maximum Gasteiger partial charge on any atom is 0.285 e. The molecule has 0 unspecified atom stereocenters. The van der Waals surface area contributed by atoms with Crippen LogP contribution in [0.3, 0.4) is 0 Å². The van der Waals surface area contributed by atoms with Crippen LogP contribution in [0, 0.1) is 0 Å². The van der Waals surface area contributed by atoms with Crippen molar-refractivity contribution in [1.29, 1.82) is 0 Å². The van der Waals surface area contributed by atoms with Crippen molar-refractivity contribution in [1.82, 2.24) is 0 Å². The van der Waals surface area contributed by atoms with Gasteiger partial charge in [0.1, 0.15) is 11.2 Å². The van der Waals surface area contributed by atoms with E-state index < -0.39 is 10.0 Å². The van der Waals surface area contributed by atoms with Crippen LogP contribution in [0.4, 0.5) is 5.69 Å². The van der Waals surface area contributed by atoms with E-state index in [1.165, 1.54) is 12.4 Å². The Morgan fingerprint density at radius 1 is 1.35 bits per heavy atom. The van der Waals surface area contributed by atoms with Crippen LogP contribution < -0.4 is 4.90 Å². The first-order chi connectivity index (χ1) is 8.04. The number of nitrogens with zero attached hydrogens (tertiary/aromatic N) is 2. The predicted molar refractivity (Wildman–Crippen MR) is 64.8 cm³/mol. The summed E-state index contributed by atoms with van der Waals surface area (Å²) >= 11 is 0. The van der Waals surface area contributed by atoms with E-state index in [0.717, 1.165) is 0 Å². The highest BCUT2D eigenvalue weighted by Gasteiger charge is 2.25. The summed E-state index contributed by atoms with van der Waals surface area (Å²) in [5.74, 6) is 0.0329. The van der Waals surface area contributed by atoms with Gasteiger partial charge in [0.25, 0.3) is 10.0 Å². The lowest BCUT2D eigenvalue weighted by molar-refractivity contribution is -0.117. The van der Waals surface area contributed by atoms with Gasteiger partial charge in [-0.3, -0.25) is 4.79 Å². The van der Waals surface area contributed by atoms with E-state index in [9.17, 15) is 13.2 Å². The molecule has 0 bridgehead atoms. The molecule has 2 rings (SSSR count). The zero-order valence-corrected chi connectivity index (χ0v) is 10.1. The smallest absolute Gasteiger partial charge is 0.285 e. The van der Waals surface area contributed by atoms with Crippen LogP contribution in [0.5, 0.6) is 0 Å². The molecule has 1 aliphatic heterocycles. The number of carbonyl (C=O) groups excluding carboxylic acids is 1. The van der Waals surface area contributed by atoms with Crippen molar-refractivity contribution >= 4 is 27.8 Å². The quantitative estimate of drug-likeness (QED) is 0.810. The number of hydrogen-bond acceptors (Lipinski definition) is 4. The summed E-state index contributed by atoms with van der Waals surface area (Å²) < 4.78 is 26.8. The lowest BCUT2D eigenvalue weighted by atomic mass is 10.2. The molecule has 1 heterocycles. The molecular weight excluding hydrogens is 240 g/mol. The second-order valence-corrected chi connectivity index (χ2v) is 5.28. The van der Waals surface area contributed by atoms with Crippen LogP contribution in [0.2, 0.25) is 0 Å². The average molecular weight is 252 g/mol. The Bertz CT molecular complexity index is 578.